The predicted octanol–water partition coefficient (Wildman–Crippen LogP) is 3.69. The number of hydrogen-bond donors (Lipinski definition) is 4. The first-order valence-corrected chi connectivity index (χ1v) is 12.4. The lowest BCUT2D eigenvalue weighted by Crippen LogP contribution is -2.51. The standard InChI is InChI=1S/C27H39N3O4/c1-25(2)14-23(29-17-20-6-7-21(18-31)34-20)27(11-10-26(3,33)13-22(25)27)9-8-24(32)30-16-19-5-4-12-28-15-19/h4-7,12,15,22-23,29,31,33H,8-11,13-14,16-18H2,1-3H3,(H,30,32)/t22-,23-,26-,27-/m0/s1. The number of nitrogens with one attached hydrogen (secondary N) is 2. The predicted molar refractivity (Wildman–Crippen MR) is 129 cm³/mol. The summed E-state index contributed by atoms with van der Waals surface area (Å²) in [5, 5.41) is 27.0. The maximum Gasteiger partial charge on any atom is 0.220 e. The Labute approximate surface area is 202 Å². The van der Waals surface area contributed by atoms with Gasteiger partial charge in [0.15, 0.2) is 0 Å². The summed E-state index contributed by atoms with van der Waals surface area (Å²) in [6.07, 6.45) is 8.12. The Morgan fingerprint density at radius 3 is 2.65 bits per heavy atom. The number of amides is 1. The lowest BCUT2D eigenvalue weighted by Gasteiger charge is -2.51. The minimum absolute atomic E-state index is 0.0493. The van der Waals surface area contributed by atoms with Crippen molar-refractivity contribution < 1.29 is 19.4 Å². The van der Waals surface area contributed by atoms with Crippen molar-refractivity contribution in [1.29, 1.82) is 0 Å². The van der Waals surface area contributed by atoms with E-state index in [0.717, 1.165) is 43.4 Å². The highest BCUT2D eigenvalue weighted by atomic mass is 16.4. The van der Waals surface area contributed by atoms with Gasteiger partial charge in [-0.25, -0.2) is 0 Å². The average molecular weight is 470 g/mol. The van der Waals surface area contributed by atoms with Gasteiger partial charge in [0.25, 0.3) is 0 Å². The van der Waals surface area contributed by atoms with E-state index in [1.165, 1.54) is 0 Å². The molecule has 0 aliphatic heterocycles. The summed E-state index contributed by atoms with van der Waals surface area (Å²) >= 11 is 0. The van der Waals surface area contributed by atoms with Crippen molar-refractivity contribution >= 4 is 5.91 Å². The van der Waals surface area contributed by atoms with Gasteiger partial charge >= 0.3 is 0 Å². The molecule has 0 radical (unpaired) electrons. The Morgan fingerprint density at radius 2 is 1.94 bits per heavy atom. The van der Waals surface area contributed by atoms with Crippen molar-refractivity contribution in [2.24, 2.45) is 16.7 Å². The molecule has 1 amide bonds. The van der Waals surface area contributed by atoms with Crippen LogP contribution in [0.15, 0.2) is 41.1 Å². The number of carbonyl (C=O) groups excluding carboxylic acids is 1. The van der Waals surface area contributed by atoms with Gasteiger partial charge in [-0.3, -0.25) is 9.78 Å². The van der Waals surface area contributed by atoms with Gasteiger partial charge in [0, 0.05) is 31.4 Å². The second-order valence-corrected chi connectivity index (χ2v) is 11.3. The molecule has 2 aromatic rings. The van der Waals surface area contributed by atoms with E-state index in [9.17, 15) is 15.0 Å². The Morgan fingerprint density at radius 1 is 1.15 bits per heavy atom. The van der Waals surface area contributed by atoms with Gasteiger partial charge in [0.1, 0.15) is 18.1 Å². The average Bonchev–Trinajstić information content (AvgIpc) is 3.36. The number of aliphatic hydroxyl groups excluding tert-OH is 1. The van der Waals surface area contributed by atoms with E-state index in [1.54, 1.807) is 18.5 Å². The molecule has 4 N–H and O–H groups in total. The van der Waals surface area contributed by atoms with Gasteiger partial charge in [-0.2, -0.15) is 0 Å². The van der Waals surface area contributed by atoms with E-state index in [2.05, 4.69) is 29.5 Å². The van der Waals surface area contributed by atoms with Crippen LogP contribution in [0.2, 0.25) is 0 Å². The number of fused-ring (bicyclic) bond motifs is 1. The first-order chi connectivity index (χ1) is 16.1. The zero-order chi connectivity index (χ0) is 24.4. The van der Waals surface area contributed by atoms with E-state index >= 15 is 0 Å². The maximum atomic E-state index is 12.8. The third-order valence-electron chi connectivity index (χ3n) is 8.26. The van der Waals surface area contributed by atoms with Crippen molar-refractivity contribution in [1.82, 2.24) is 15.6 Å². The molecule has 2 aromatic heterocycles. The van der Waals surface area contributed by atoms with Crippen LogP contribution in [0.25, 0.3) is 0 Å². The molecule has 0 bridgehead atoms. The van der Waals surface area contributed by atoms with Crippen LogP contribution in [0, 0.1) is 16.7 Å². The van der Waals surface area contributed by atoms with Crippen LogP contribution < -0.4 is 10.6 Å². The highest BCUT2D eigenvalue weighted by Crippen LogP contribution is 2.63. The summed E-state index contributed by atoms with van der Waals surface area (Å²) in [5.74, 6) is 1.74. The first-order valence-electron chi connectivity index (χ1n) is 12.4. The molecule has 2 fully saturated rings. The number of rotatable bonds is 9. The Balaban J connectivity index is 1.47. The number of nitrogens with zero attached hydrogens (tertiary/aromatic N) is 1. The molecule has 2 saturated carbocycles. The molecule has 4 atom stereocenters. The molecule has 7 heteroatoms. The van der Waals surface area contributed by atoms with Crippen LogP contribution in [0.3, 0.4) is 0 Å². The third kappa shape index (κ3) is 5.37. The van der Waals surface area contributed by atoms with Gasteiger partial charge in [-0.1, -0.05) is 19.9 Å². The molecular weight excluding hydrogens is 430 g/mol. The van der Waals surface area contributed by atoms with Crippen molar-refractivity contribution in [3.8, 4) is 0 Å². The minimum atomic E-state index is -0.667. The van der Waals surface area contributed by atoms with Crippen LogP contribution in [0.5, 0.6) is 0 Å². The van der Waals surface area contributed by atoms with E-state index in [4.69, 9.17) is 4.42 Å². The summed E-state index contributed by atoms with van der Waals surface area (Å²) in [7, 11) is 0. The fourth-order valence-electron chi connectivity index (χ4n) is 6.48. The largest absolute Gasteiger partial charge is 0.462 e. The highest BCUT2D eigenvalue weighted by Gasteiger charge is 2.61. The van der Waals surface area contributed by atoms with Gasteiger partial charge in [-0.15, -0.1) is 0 Å². The molecule has 186 valence electrons. The molecule has 0 spiro atoms. The van der Waals surface area contributed by atoms with E-state index < -0.39 is 5.60 Å². The second-order valence-electron chi connectivity index (χ2n) is 11.3. The molecule has 4 rings (SSSR count). The molecule has 0 saturated heterocycles. The smallest absolute Gasteiger partial charge is 0.220 e. The topological polar surface area (TPSA) is 108 Å². The normalized spacial score (nSPS) is 30.1. The molecule has 2 heterocycles. The van der Waals surface area contributed by atoms with Crippen molar-refractivity contribution in [2.45, 2.75) is 90.6 Å². The number of aromatic nitrogens is 1. The molecular formula is C27H39N3O4. The zero-order valence-electron chi connectivity index (χ0n) is 20.6. The van der Waals surface area contributed by atoms with E-state index in [1.807, 2.05) is 25.1 Å². The van der Waals surface area contributed by atoms with Crippen molar-refractivity contribution in [3.63, 3.8) is 0 Å². The SMILES string of the molecule is CC1(C)C[C@H](NCc2ccc(CO)o2)[C@@]2(CCC(=O)NCc3cccnc3)CC[C@](C)(O)C[C@@H]12. The summed E-state index contributed by atoms with van der Waals surface area (Å²) in [6, 6.07) is 7.76. The van der Waals surface area contributed by atoms with Crippen LogP contribution in [0.1, 0.15) is 76.4 Å². The van der Waals surface area contributed by atoms with Gasteiger partial charge in [0.2, 0.25) is 5.91 Å². The summed E-state index contributed by atoms with van der Waals surface area (Å²) < 4.78 is 5.70. The van der Waals surface area contributed by atoms with Crippen molar-refractivity contribution in [3.05, 3.63) is 53.7 Å². The zero-order valence-corrected chi connectivity index (χ0v) is 20.6. The summed E-state index contributed by atoms with van der Waals surface area (Å²) in [6.45, 7) is 7.51. The Hall–Kier alpha value is -2.22. The van der Waals surface area contributed by atoms with Gasteiger partial charge in [-0.05, 0) is 79.5 Å². The third-order valence-corrected chi connectivity index (χ3v) is 8.26. The monoisotopic (exact) mass is 469 g/mol. The summed E-state index contributed by atoms with van der Waals surface area (Å²) in [5.41, 5.74) is 0.306. The number of furan rings is 1. The second kappa shape index (κ2) is 9.80. The Kier molecular flexibility index (Phi) is 7.17. The fourth-order valence-corrected chi connectivity index (χ4v) is 6.48. The quantitative estimate of drug-likeness (QED) is 0.446. The van der Waals surface area contributed by atoms with Crippen LogP contribution in [0.4, 0.5) is 0 Å². The number of pyridine rings is 1. The first kappa shape index (κ1) is 24.9. The van der Waals surface area contributed by atoms with Crippen LogP contribution in [-0.2, 0) is 24.5 Å². The molecule has 0 unspecified atom stereocenters. The number of hydrogen-bond acceptors (Lipinski definition) is 6. The number of carbonyl (C=O) groups is 1. The van der Waals surface area contributed by atoms with Crippen LogP contribution in [-0.4, -0.2) is 32.7 Å². The molecule has 2 aliphatic rings. The molecule has 0 aromatic carbocycles. The lowest BCUT2D eigenvalue weighted by atomic mass is 9.57. The highest BCUT2D eigenvalue weighted by molar-refractivity contribution is 5.75. The van der Waals surface area contributed by atoms with E-state index in [0.29, 0.717) is 31.2 Å². The molecule has 2 aliphatic carbocycles. The molecule has 34 heavy (non-hydrogen) atoms. The number of aliphatic hydroxyl groups is 2. The summed E-state index contributed by atoms with van der Waals surface area (Å²) in [4.78, 5) is 16.9. The fraction of sp³-hybridized carbons (Fsp3) is 0.630. The lowest BCUT2D eigenvalue weighted by molar-refractivity contribution is -0.123. The Bertz CT molecular complexity index is 971. The van der Waals surface area contributed by atoms with E-state index in [-0.39, 0.29) is 29.4 Å². The van der Waals surface area contributed by atoms with Crippen LogP contribution >= 0.6 is 0 Å². The maximum absolute atomic E-state index is 12.8. The van der Waals surface area contributed by atoms with Gasteiger partial charge < -0.3 is 25.3 Å². The minimum Gasteiger partial charge on any atom is -0.462 e. The molecule has 7 nitrogen and oxygen atoms in total. The van der Waals surface area contributed by atoms with Crippen molar-refractivity contribution in [2.75, 3.05) is 0 Å². The van der Waals surface area contributed by atoms with Gasteiger partial charge in [0.05, 0.1) is 12.1 Å².